The largest absolute Gasteiger partial charge is 0.346 e. The van der Waals surface area contributed by atoms with Gasteiger partial charge in [-0.3, -0.25) is 0 Å². The zero-order valence-corrected chi connectivity index (χ0v) is 6.37. The molecule has 1 heterocycles. The van der Waals surface area contributed by atoms with Gasteiger partial charge in [0.2, 0.25) is 0 Å². The standard InChI is InChI=1S/C7H11ClO/c1-6-4-2-3-5-7(6,8)9-6/h2-5H2,1H3. The average molecular weight is 147 g/mol. The molecular weight excluding hydrogens is 136 g/mol. The van der Waals surface area contributed by atoms with Crippen LogP contribution < -0.4 is 0 Å². The average Bonchev–Trinajstić information content (AvgIpc) is 2.33. The first-order valence-electron chi connectivity index (χ1n) is 3.55. The summed E-state index contributed by atoms with van der Waals surface area (Å²) in [4.78, 5) is 0. The van der Waals surface area contributed by atoms with E-state index in [0.717, 1.165) is 12.8 Å². The number of alkyl halides is 1. The van der Waals surface area contributed by atoms with Crippen LogP contribution in [0.25, 0.3) is 0 Å². The van der Waals surface area contributed by atoms with Gasteiger partial charge in [-0.15, -0.1) is 0 Å². The highest BCUT2D eigenvalue weighted by Crippen LogP contribution is 2.59. The van der Waals surface area contributed by atoms with E-state index in [9.17, 15) is 0 Å². The van der Waals surface area contributed by atoms with Crippen molar-refractivity contribution in [1.82, 2.24) is 0 Å². The van der Waals surface area contributed by atoms with Gasteiger partial charge in [-0.05, 0) is 26.2 Å². The fourth-order valence-electron chi connectivity index (χ4n) is 1.70. The van der Waals surface area contributed by atoms with Crippen molar-refractivity contribution in [3.05, 3.63) is 0 Å². The van der Waals surface area contributed by atoms with Gasteiger partial charge in [-0.2, -0.15) is 0 Å². The van der Waals surface area contributed by atoms with Crippen molar-refractivity contribution in [3.63, 3.8) is 0 Å². The van der Waals surface area contributed by atoms with Gasteiger partial charge in [0, 0.05) is 0 Å². The molecule has 0 aromatic carbocycles. The molecule has 2 rings (SSSR count). The van der Waals surface area contributed by atoms with Crippen LogP contribution in [0, 0.1) is 0 Å². The van der Waals surface area contributed by atoms with Crippen LogP contribution in [0.5, 0.6) is 0 Å². The van der Waals surface area contributed by atoms with Gasteiger partial charge >= 0.3 is 0 Å². The Labute approximate surface area is 60.3 Å². The van der Waals surface area contributed by atoms with Crippen LogP contribution in [-0.4, -0.2) is 10.7 Å². The number of halogens is 1. The highest BCUT2D eigenvalue weighted by molar-refractivity contribution is 6.25. The molecular formula is C7H11ClO. The van der Waals surface area contributed by atoms with Gasteiger partial charge in [-0.25, -0.2) is 0 Å². The first-order chi connectivity index (χ1) is 4.16. The molecule has 2 aliphatic rings. The second kappa shape index (κ2) is 1.46. The molecule has 0 radical (unpaired) electrons. The van der Waals surface area contributed by atoms with E-state index >= 15 is 0 Å². The quantitative estimate of drug-likeness (QED) is 0.377. The molecule has 2 unspecified atom stereocenters. The lowest BCUT2D eigenvalue weighted by atomic mass is 9.90. The van der Waals surface area contributed by atoms with Crippen LogP contribution in [0.15, 0.2) is 0 Å². The number of rotatable bonds is 0. The van der Waals surface area contributed by atoms with E-state index < -0.39 is 0 Å². The molecule has 0 aromatic heterocycles. The molecule has 52 valence electrons. The summed E-state index contributed by atoms with van der Waals surface area (Å²) in [6.07, 6.45) is 4.71. The summed E-state index contributed by atoms with van der Waals surface area (Å²) in [5.74, 6) is 0. The molecule has 2 fully saturated rings. The van der Waals surface area contributed by atoms with Crippen molar-refractivity contribution in [2.24, 2.45) is 0 Å². The Morgan fingerprint density at radius 1 is 1.33 bits per heavy atom. The van der Waals surface area contributed by atoms with Crippen molar-refractivity contribution >= 4 is 11.6 Å². The summed E-state index contributed by atoms with van der Waals surface area (Å²) in [5.41, 5.74) is 0.0484. The van der Waals surface area contributed by atoms with Crippen molar-refractivity contribution in [3.8, 4) is 0 Å². The molecule has 1 saturated heterocycles. The second-order valence-corrected chi connectivity index (χ2v) is 3.88. The lowest BCUT2D eigenvalue weighted by Crippen LogP contribution is -2.21. The number of hydrogen-bond acceptors (Lipinski definition) is 1. The van der Waals surface area contributed by atoms with Gasteiger partial charge in [0.25, 0.3) is 0 Å². The van der Waals surface area contributed by atoms with Gasteiger partial charge in [0.15, 0.2) is 5.06 Å². The van der Waals surface area contributed by atoms with E-state index in [0.29, 0.717) is 0 Å². The molecule has 1 saturated carbocycles. The number of epoxide rings is 1. The smallest absolute Gasteiger partial charge is 0.171 e. The van der Waals surface area contributed by atoms with E-state index in [1.807, 2.05) is 0 Å². The molecule has 1 aliphatic heterocycles. The Balaban J connectivity index is 2.15. The molecule has 2 heteroatoms. The van der Waals surface area contributed by atoms with Gasteiger partial charge in [0.1, 0.15) is 5.60 Å². The zero-order chi connectivity index (χ0) is 6.54. The van der Waals surface area contributed by atoms with Crippen molar-refractivity contribution in [2.75, 3.05) is 0 Å². The van der Waals surface area contributed by atoms with Crippen LogP contribution in [0.3, 0.4) is 0 Å². The van der Waals surface area contributed by atoms with Crippen LogP contribution >= 0.6 is 11.6 Å². The lowest BCUT2D eigenvalue weighted by molar-refractivity contribution is 0.298. The summed E-state index contributed by atoms with van der Waals surface area (Å²) < 4.78 is 5.42. The van der Waals surface area contributed by atoms with E-state index in [1.165, 1.54) is 12.8 Å². The van der Waals surface area contributed by atoms with Crippen LogP contribution in [0.4, 0.5) is 0 Å². The maximum Gasteiger partial charge on any atom is 0.171 e. The Bertz CT molecular complexity index is 124. The molecule has 0 aromatic rings. The number of fused-ring (bicyclic) bond motifs is 1. The molecule has 1 nitrogen and oxygen atoms in total. The topological polar surface area (TPSA) is 12.5 Å². The molecule has 2 atom stereocenters. The normalized spacial score (nSPS) is 56.7. The van der Waals surface area contributed by atoms with Crippen LogP contribution in [-0.2, 0) is 4.74 Å². The highest BCUT2D eigenvalue weighted by atomic mass is 35.5. The lowest BCUT2D eigenvalue weighted by Gasteiger charge is -2.15. The van der Waals surface area contributed by atoms with Gasteiger partial charge in [-0.1, -0.05) is 18.0 Å². The van der Waals surface area contributed by atoms with E-state index in [4.69, 9.17) is 16.3 Å². The third-order valence-electron chi connectivity index (χ3n) is 2.54. The Kier molecular flexibility index (Phi) is 0.970. The van der Waals surface area contributed by atoms with E-state index in [2.05, 4.69) is 6.92 Å². The number of ether oxygens (including phenoxy) is 1. The number of hydrogen-bond donors (Lipinski definition) is 0. The first-order valence-corrected chi connectivity index (χ1v) is 3.93. The summed E-state index contributed by atoms with van der Waals surface area (Å²) >= 11 is 6.07. The van der Waals surface area contributed by atoms with Crippen LogP contribution in [0.1, 0.15) is 32.6 Å². The summed E-state index contributed by atoms with van der Waals surface area (Å²) in [7, 11) is 0. The summed E-state index contributed by atoms with van der Waals surface area (Å²) in [6, 6.07) is 0. The minimum absolute atomic E-state index is 0.0484. The molecule has 9 heavy (non-hydrogen) atoms. The first kappa shape index (κ1) is 5.99. The predicted molar refractivity (Wildman–Crippen MR) is 36.5 cm³/mol. The zero-order valence-electron chi connectivity index (χ0n) is 5.61. The van der Waals surface area contributed by atoms with Crippen molar-refractivity contribution in [2.45, 2.75) is 43.3 Å². The fraction of sp³-hybridized carbons (Fsp3) is 1.00. The van der Waals surface area contributed by atoms with Gasteiger partial charge in [0.05, 0.1) is 0 Å². The summed E-state index contributed by atoms with van der Waals surface area (Å²) in [6.45, 7) is 2.11. The van der Waals surface area contributed by atoms with Crippen molar-refractivity contribution in [1.29, 1.82) is 0 Å². The van der Waals surface area contributed by atoms with Gasteiger partial charge < -0.3 is 4.74 Å². The molecule has 1 aliphatic carbocycles. The van der Waals surface area contributed by atoms with Crippen molar-refractivity contribution < 1.29 is 4.74 Å². The van der Waals surface area contributed by atoms with Crippen LogP contribution in [0.2, 0.25) is 0 Å². The molecule has 0 N–H and O–H groups in total. The monoisotopic (exact) mass is 146 g/mol. The minimum atomic E-state index is -0.245. The predicted octanol–water partition coefficient (Wildman–Crippen LogP) is 2.28. The maximum atomic E-state index is 6.07. The SMILES string of the molecule is CC12CCCCC1(Cl)O2. The third-order valence-corrected chi connectivity index (χ3v) is 3.20. The third kappa shape index (κ3) is 0.651. The van der Waals surface area contributed by atoms with E-state index in [-0.39, 0.29) is 10.7 Å². The minimum Gasteiger partial charge on any atom is -0.346 e. The highest BCUT2D eigenvalue weighted by Gasteiger charge is 2.66. The maximum absolute atomic E-state index is 6.07. The van der Waals surface area contributed by atoms with E-state index in [1.54, 1.807) is 0 Å². The fourth-order valence-corrected chi connectivity index (χ4v) is 2.10. The molecule has 0 spiro atoms. The summed E-state index contributed by atoms with van der Waals surface area (Å²) in [5, 5.41) is -0.245. The molecule has 0 amide bonds. The second-order valence-electron chi connectivity index (χ2n) is 3.27. The molecule has 0 bridgehead atoms. The Morgan fingerprint density at radius 3 is 2.44 bits per heavy atom. The Morgan fingerprint density at radius 2 is 2.00 bits per heavy atom. The Hall–Kier alpha value is 0.250.